The highest BCUT2D eigenvalue weighted by Gasteiger charge is 2.29. The zero-order valence-corrected chi connectivity index (χ0v) is 18.9. The van der Waals surface area contributed by atoms with Crippen molar-refractivity contribution in [2.24, 2.45) is 11.8 Å². The standard InChI is InChI=1S/C24H33F5N2O2/c25-22(26)16-33-23-6-5-19-9-13-31(14-10-21(19)30-23)12-8-17-1-3-18(4-2-17)15-20(32)7-11-24(27,28)29/h5-6,17-18,22H,1-4,7-16H2. The predicted molar refractivity (Wildman–Crippen MR) is 115 cm³/mol. The van der Waals surface area contributed by atoms with Crippen molar-refractivity contribution in [2.75, 3.05) is 26.2 Å². The highest BCUT2D eigenvalue weighted by atomic mass is 19.4. The number of Topliss-reactive ketones (excluding diaryl/α,β-unsaturated/α-hetero) is 1. The summed E-state index contributed by atoms with van der Waals surface area (Å²) < 4.78 is 66.6. The number of carbonyl (C=O) groups is 1. The molecule has 186 valence electrons. The third-order valence-corrected chi connectivity index (χ3v) is 6.79. The number of alkyl halides is 5. The fraction of sp³-hybridized carbons (Fsp3) is 0.750. The number of hydrogen-bond acceptors (Lipinski definition) is 4. The molecule has 0 spiro atoms. The summed E-state index contributed by atoms with van der Waals surface area (Å²) in [6.45, 7) is 2.11. The molecular formula is C24H33F5N2O2. The number of fused-ring (bicyclic) bond motifs is 1. The maximum atomic E-state index is 12.3. The molecule has 0 atom stereocenters. The minimum Gasteiger partial charge on any atom is -0.472 e. The second-order valence-electron chi connectivity index (χ2n) is 9.33. The first-order valence-corrected chi connectivity index (χ1v) is 11.9. The van der Waals surface area contributed by atoms with Crippen LogP contribution in [0.25, 0.3) is 0 Å². The zero-order valence-electron chi connectivity index (χ0n) is 18.9. The molecule has 2 heterocycles. The van der Waals surface area contributed by atoms with Crippen molar-refractivity contribution in [1.29, 1.82) is 0 Å². The van der Waals surface area contributed by atoms with Gasteiger partial charge < -0.3 is 9.64 Å². The lowest BCUT2D eigenvalue weighted by Crippen LogP contribution is -2.29. The van der Waals surface area contributed by atoms with E-state index in [1.54, 1.807) is 6.07 Å². The number of carbonyl (C=O) groups excluding carboxylic acids is 1. The van der Waals surface area contributed by atoms with Crippen molar-refractivity contribution >= 4 is 5.78 Å². The number of ketones is 1. The van der Waals surface area contributed by atoms with Crippen LogP contribution in [0.4, 0.5) is 22.0 Å². The molecule has 0 radical (unpaired) electrons. The number of nitrogens with zero attached hydrogens (tertiary/aromatic N) is 2. The molecule has 1 aromatic heterocycles. The molecule has 1 saturated carbocycles. The lowest BCUT2D eigenvalue weighted by Gasteiger charge is -2.30. The second-order valence-corrected chi connectivity index (χ2v) is 9.33. The summed E-state index contributed by atoms with van der Waals surface area (Å²) in [6.07, 6.45) is -1.33. The average Bonchev–Trinajstić information content (AvgIpc) is 2.97. The molecule has 4 nitrogen and oxygen atoms in total. The Morgan fingerprint density at radius 1 is 1.09 bits per heavy atom. The molecule has 2 aliphatic rings. The topological polar surface area (TPSA) is 42.4 Å². The quantitative estimate of drug-likeness (QED) is 0.411. The van der Waals surface area contributed by atoms with Gasteiger partial charge in [-0.3, -0.25) is 4.79 Å². The first kappa shape index (κ1) is 25.8. The molecular weight excluding hydrogens is 443 g/mol. The van der Waals surface area contributed by atoms with Crippen molar-refractivity contribution in [3.8, 4) is 5.88 Å². The van der Waals surface area contributed by atoms with Crippen molar-refractivity contribution < 1.29 is 31.5 Å². The maximum Gasteiger partial charge on any atom is 0.389 e. The van der Waals surface area contributed by atoms with E-state index in [0.717, 1.165) is 75.8 Å². The highest BCUT2D eigenvalue weighted by Crippen LogP contribution is 2.34. The van der Waals surface area contributed by atoms with Crippen molar-refractivity contribution in [1.82, 2.24) is 9.88 Å². The Hall–Kier alpha value is -1.77. The molecule has 0 saturated heterocycles. The molecule has 1 aliphatic heterocycles. The monoisotopic (exact) mass is 476 g/mol. The van der Waals surface area contributed by atoms with E-state index in [0.29, 0.717) is 5.92 Å². The summed E-state index contributed by atoms with van der Waals surface area (Å²) in [5.74, 6) is 0.791. The van der Waals surface area contributed by atoms with Crippen molar-refractivity contribution in [2.45, 2.75) is 76.8 Å². The molecule has 0 amide bonds. The van der Waals surface area contributed by atoms with Gasteiger partial charge in [0.05, 0.1) is 6.42 Å². The van der Waals surface area contributed by atoms with Crippen LogP contribution in [0.2, 0.25) is 0 Å². The number of pyridine rings is 1. The number of halogens is 5. The van der Waals surface area contributed by atoms with Crippen LogP contribution < -0.4 is 4.74 Å². The van der Waals surface area contributed by atoms with Crippen molar-refractivity contribution in [3.63, 3.8) is 0 Å². The van der Waals surface area contributed by atoms with Gasteiger partial charge in [-0.25, -0.2) is 13.8 Å². The zero-order chi connectivity index (χ0) is 23.8. The predicted octanol–water partition coefficient (Wildman–Crippen LogP) is 5.62. The summed E-state index contributed by atoms with van der Waals surface area (Å²) >= 11 is 0. The Balaban J connectivity index is 1.35. The Labute approximate surface area is 191 Å². The molecule has 0 N–H and O–H groups in total. The van der Waals surface area contributed by atoms with Gasteiger partial charge in [-0.05, 0) is 49.6 Å². The molecule has 33 heavy (non-hydrogen) atoms. The third kappa shape index (κ3) is 9.18. The van der Waals surface area contributed by atoms with E-state index in [4.69, 9.17) is 4.74 Å². The van der Waals surface area contributed by atoms with Gasteiger partial charge in [-0.15, -0.1) is 0 Å². The Bertz CT molecular complexity index is 764. The molecule has 1 aliphatic carbocycles. The smallest absolute Gasteiger partial charge is 0.389 e. The van der Waals surface area contributed by atoms with Gasteiger partial charge in [-0.1, -0.05) is 18.9 Å². The van der Waals surface area contributed by atoms with Crippen molar-refractivity contribution in [3.05, 3.63) is 23.4 Å². The van der Waals surface area contributed by atoms with E-state index in [9.17, 15) is 26.7 Å². The number of hydrogen-bond donors (Lipinski definition) is 0. The van der Waals surface area contributed by atoms with Crippen LogP contribution in [-0.2, 0) is 17.6 Å². The van der Waals surface area contributed by atoms with Crippen LogP contribution in [0, 0.1) is 11.8 Å². The van der Waals surface area contributed by atoms with E-state index in [2.05, 4.69) is 9.88 Å². The molecule has 9 heteroatoms. The minimum absolute atomic E-state index is 0.224. The number of aromatic nitrogens is 1. The largest absolute Gasteiger partial charge is 0.472 e. The van der Waals surface area contributed by atoms with E-state index in [1.165, 1.54) is 0 Å². The summed E-state index contributed by atoms with van der Waals surface area (Å²) in [6, 6.07) is 3.58. The minimum atomic E-state index is -4.26. The summed E-state index contributed by atoms with van der Waals surface area (Å²) in [5, 5.41) is 0. The maximum absolute atomic E-state index is 12.3. The first-order valence-electron chi connectivity index (χ1n) is 11.9. The average molecular weight is 477 g/mol. The van der Waals surface area contributed by atoms with Gasteiger partial charge >= 0.3 is 6.18 Å². The van der Waals surface area contributed by atoms with Crippen LogP contribution in [0.15, 0.2) is 12.1 Å². The molecule has 0 bridgehead atoms. The normalized spacial score (nSPS) is 22.1. The summed E-state index contributed by atoms with van der Waals surface area (Å²) in [4.78, 5) is 18.7. The Morgan fingerprint density at radius 3 is 2.48 bits per heavy atom. The van der Waals surface area contributed by atoms with E-state index >= 15 is 0 Å². The van der Waals surface area contributed by atoms with Crippen LogP contribution in [0.5, 0.6) is 5.88 Å². The van der Waals surface area contributed by atoms with Gasteiger partial charge in [0, 0.05) is 44.1 Å². The lowest BCUT2D eigenvalue weighted by molar-refractivity contribution is -0.143. The van der Waals surface area contributed by atoms with Gasteiger partial charge in [0.25, 0.3) is 6.43 Å². The molecule has 3 rings (SSSR count). The molecule has 1 aromatic rings. The Morgan fingerprint density at radius 2 is 1.79 bits per heavy atom. The van der Waals surface area contributed by atoms with Gasteiger partial charge in [0.15, 0.2) is 6.61 Å². The molecule has 0 unspecified atom stereocenters. The van der Waals surface area contributed by atoms with Gasteiger partial charge in [-0.2, -0.15) is 13.2 Å². The van der Waals surface area contributed by atoms with Crippen LogP contribution in [0.1, 0.15) is 62.6 Å². The number of ether oxygens (including phenoxy) is 1. The first-order chi connectivity index (χ1) is 15.7. The van der Waals surface area contributed by atoms with Gasteiger partial charge in [0.2, 0.25) is 5.88 Å². The molecule has 0 aromatic carbocycles. The third-order valence-electron chi connectivity index (χ3n) is 6.79. The lowest BCUT2D eigenvalue weighted by atomic mass is 9.78. The Kier molecular flexibility index (Phi) is 9.47. The summed E-state index contributed by atoms with van der Waals surface area (Å²) in [5.41, 5.74) is 2.05. The van der Waals surface area contributed by atoms with Crippen LogP contribution >= 0.6 is 0 Å². The molecule has 1 fully saturated rings. The second kappa shape index (κ2) is 12.1. The van der Waals surface area contributed by atoms with E-state index in [1.807, 2.05) is 6.07 Å². The summed E-state index contributed by atoms with van der Waals surface area (Å²) in [7, 11) is 0. The fourth-order valence-corrected chi connectivity index (χ4v) is 4.86. The highest BCUT2D eigenvalue weighted by molar-refractivity contribution is 5.78. The van der Waals surface area contributed by atoms with E-state index < -0.39 is 32.1 Å². The number of rotatable bonds is 10. The van der Waals surface area contributed by atoms with Crippen LogP contribution in [0.3, 0.4) is 0 Å². The SMILES string of the molecule is O=C(CCC(F)(F)F)CC1CCC(CCN2CCc3ccc(OCC(F)F)nc3CC2)CC1. The van der Waals surface area contributed by atoms with Crippen LogP contribution in [-0.4, -0.2) is 54.5 Å². The van der Waals surface area contributed by atoms with Gasteiger partial charge in [0.1, 0.15) is 5.78 Å². The fourth-order valence-electron chi connectivity index (χ4n) is 4.86. The van der Waals surface area contributed by atoms with E-state index in [-0.39, 0.29) is 24.0 Å².